The first-order valence-corrected chi connectivity index (χ1v) is 5.85. The van der Waals surface area contributed by atoms with Crippen molar-refractivity contribution < 1.29 is 9.18 Å². The summed E-state index contributed by atoms with van der Waals surface area (Å²) in [7, 11) is 0. The monoisotopic (exact) mass is 247 g/mol. The van der Waals surface area contributed by atoms with Gasteiger partial charge in [-0.2, -0.15) is 5.26 Å². The second-order valence-corrected chi connectivity index (χ2v) is 4.24. The molecule has 1 fully saturated rings. The van der Waals surface area contributed by atoms with Gasteiger partial charge in [0.15, 0.2) is 0 Å². The first kappa shape index (κ1) is 12.5. The van der Waals surface area contributed by atoms with Crippen molar-refractivity contribution in [3.8, 4) is 6.07 Å². The van der Waals surface area contributed by atoms with Crippen LogP contribution < -0.4 is 5.32 Å². The predicted octanol–water partition coefficient (Wildman–Crippen LogP) is 0.692. The number of rotatable bonds is 2. The van der Waals surface area contributed by atoms with Gasteiger partial charge in [-0.15, -0.1) is 0 Å². The van der Waals surface area contributed by atoms with E-state index in [9.17, 15) is 9.18 Å². The van der Waals surface area contributed by atoms with Gasteiger partial charge in [-0.25, -0.2) is 4.39 Å². The van der Waals surface area contributed by atoms with E-state index in [4.69, 9.17) is 5.26 Å². The Balaban J connectivity index is 2.02. The third kappa shape index (κ3) is 2.84. The molecule has 2 rings (SSSR count). The number of hydrogen-bond donors (Lipinski definition) is 1. The van der Waals surface area contributed by atoms with Crippen LogP contribution in [-0.4, -0.2) is 36.5 Å². The number of benzene rings is 1. The van der Waals surface area contributed by atoms with Crippen molar-refractivity contribution in [2.45, 2.75) is 12.5 Å². The van der Waals surface area contributed by atoms with Gasteiger partial charge in [-0.05, 0) is 17.7 Å². The third-order valence-electron chi connectivity index (χ3n) is 2.98. The van der Waals surface area contributed by atoms with Crippen LogP contribution >= 0.6 is 0 Å². The van der Waals surface area contributed by atoms with Gasteiger partial charge in [0, 0.05) is 19.6 Å². The van der Waals surface area contributed by atoms with Crippen molar-refractivity contribution in [2.75, 3.05) is 19.6 Å². The van der Waals surface area contributed by atoms with Crippen LogP contribution in [-0.2, 0) is 11.2 Å². The highest BCUT2D eigenvalue weighted by molar-refractivity contribution is 5.79. The van der Waals surface area contributed by atoms with Crippen molar-refractivity contribution in [3.63, 3.8) is 0 Å². The fraction of sp³-hybridized carbons (Fsp3) is 0.385. The highest BCUT2D eigenvalue weighted by Crippen LogP contribution is 2.09. The number of nitrogens with one attached hydrogen (secondary N) is 1. The Morgan fingerprint density at radius 3 is 2.89 bits per heavy atom. The highest BCUT2D eigenvalue weighted by Gasteiger charge is 2.25. The Bertz CT molecular complexity index is 466. The largest absolute Gasteiger partial charge is 0.324 e. The molecule has 1 atom stereocenters. The molecule has 1 unspecified atom stereocenters. The minimum Gasteiger partial charge on any atom is -0.324 e. The van der Waals surface area contributed by atoms with E-state index in [0.29, 0.717) is 19.6 Å². The number of piperazine rings is 1. The van der Waals surface area contributed by atoms with Crippen molar-refractivity contribution in [1.29, 1.82) is 5.26 Å². The molecule has 1 aromatic rings. The number of nitriles is 1. The minimum absolute atomic E-state index is 0.0883. The zero-order valence-electron chi connectivity index (χ0n) is 9.90. The lowest BCUT2D eigenvalue weighted by atomic mass is 10.1. The van der Waals surface area contributed by atoms with Crippen LogP contribution in [0.15, 0.2) is 24.3 Å². The molecule has 0 radical (unpaired) electrons. The normalized spacial score (nSPS) is 19.3. The van der Waals surface area contributed by atoms with E-state index in [1.54, 1.807) is 17.0 Å². The molecule has 1 aromatic carbocycles. The number of nitrogens with zero attached hydrogens (tertiary/aromatic N) is 2. The van der Waals surface area contributed by atoms with E-state index in [0.717, 1.165) is 5.56 Å². The third-order valence-corrected chi connectivity index (χ3v) is 2.98. The summed E-state index contributed by atoms with van der Waals surface area (Å²) in [5.74, 6) is -0.405. The molecule has 1 amide bonds. The van der Waals surface area contributed by atoms with Crippen molar-refractivity contribution in [1.82, 2.24) is 10.2 Å². The highest BCUT2D eigenvalue weighted by atomic mass is 19.1. The Labute approximate surface area is 105 Å². The van der Waals surface area contributed by atoms with Crippen molar-refractivity contribution >= 4 is 5.91 Å². The van der Waals surface area contributed by atoms with Gasteiger partial charge in [-0.3, -0.25) is 4.79 Å². The van der Waals surface area contributed by atoms with Gasteiger partial charge in [0.2, 0.25) is 5.91 Å². The fourth-order valence-corrected chi connectivity index (χ4v) is 2.00. The molecule has 0 bridgehead atoms. The van der Waals surface area contributed by atoms with Crippen LogP contribution in [0.4, 0.5) is 4.39 Å². The van der Waals surface area contributed by atoms with Gasteiger partial charge in [0.25, 0.3) is 0 Å². The maximum Gasteiger partial charge on any atom is 0.228 e. The van der Waals surface area contributed by atoms with E-state index in [-0.39, 0.29) is 18.1 Å². The summed E-state index contributed by atoms with van der Waals surface area (Å²) in [5.41, 5.74) is 0.761. The second kappa shape index (κ2) is 5.61. The molecule has 0 aromatic heterocycles. The van der Waals surface area contributed by atoms with Gasteiger partial charge in [0.05, 0.1) is 12.5 Å². The molecule has 0 saturated carbocycles. The lowest BCUT2D eigenvalue weighted by Gasteiger charge is -2.32. The molecule has 94 valence electrons. The average molecular weight is 247 g/mol. The van der Waals surface area contributed by atoms with Gasteiger partial charge >= 0.3 is 0 Å². The summed E-state index contributed by atoms with van der Waals surface area (Å²) < 4.78 is 12.7. The van der Waals surface area contributed by atoms with Crippen molar-refractivity contribution in [2.24, 2.45) is 0 Å². The maximum atomic E-state index is 12.7. The molecule has 5 heteroatoms. The maximum absolute atomic E-state index is 12.7. The van der Waals surface area contributed by atoms with Crippen molar-refractivity contribution in [3.05, 3.63) is 35.6 Å². The van der Waals surface area contributed by atoms with E-state index < -0.39 is 6.04 Å². The molecule has 0 aliphatic carbocycles. The van der Waals surface area contributed by atoms with Crippen LogP contribution in [0.25, 0.3) is 0 Å². The van der Waals surface area contributed by atoms with E-state index in [2.05, 4.69) is 11.4 Å². The summed E-state index contributed by atoms with van der Waals surface area (Å²) in [6.45, 7) is 1.75. The van der Waals surface area contributed by atoms with Crippen LogP contribution in [0.1, 0.15) is 5.56 Å². The lowest BCUT2D eigenvalue weighted by molar-refractivity contribution is -0.132. The zero-order chi connectivity index (χ0) is 13.0. The quantitative estimate of drug-likeness (QED) is 0.836. The Morgan fingerprint density at radius 2 is 2.22 bits per heavy atom. The van der Waals surface area contributed by atoms with Gasteiger partial charge in [0.1, 0.15) is 11.9 Å². The predicted molar refractivity (Wildman–Crippen MR) is 64.1 cm³/mol. The van der Waals surface area contributed by atoms with Crippen LogP contribution in [0.3, 0.4) is 0 Å². The summed E-state index contributed by atoms with van der Waals surface area (Å²) in [5, 5.41) is 12.1. The summed E-state index contributed by atoms with van der Waals surface area (Å²) in [6, 6.07) is 7.56. The average Bonchev–Trinajstić information content (AvgIpc) is 2.41. The summed E-state index contributed by atoms with van der Waals surface area (Å²) >= 11 is 0. The van der Waals surface area contributed by atoms with Crippen LogP contribution in [0, 0.1) is 17.1 Å². The molecular weight excluding hydrogens is 233 g/mol. The number of amides is 1. The standard InChI is InChI=1S/C13H14FN3O/c14-11-3-1-10(2-4-11)7-13(18)17-6-5-16-9-12(17)8-15/h1-4,12,16H,5-7,9H2. The summed E-state index contributed by atoms with van der Waals surface area (Å²) in [4.78, 5) is 13.7. The molecule has 1 aliphatic rings. The zero-order valence-corrected chi connectivity index (χ0v) is 9.90. The second-order valence-electron chi connectivity index (χ2n) is 4.24. The van der Waals surface area contributed by atoms with Crippen LogP contribution in [0.2, 0.25) is 0 Å². The molecular formula is C13H14FN3O. The number of carbonyl (C=O) groups excluding carboxylic acids is 1. The molecule has 1 heterocycles. The first-order valence-electron chi connectivity index (χ1n) is 5.85. The SMILES string of the molecule is N#CC1CNCCN1C(=O)Cc1ccc(F)cc1. The Hall–Kier alpha value is -1.93. The number of halogens is 1. The van der Waals surface area contributed by atoms with E-state index in [1.807, 2.05) is 0 Å². The molecule has 0 spiro atoms. The Kier molecular flexibility index (Phi) is 3.90. The molecule has 1 aliphatic heterocycles. The summed E-state index contributed by atoms with van der Waals surface area (Å²) in [6.07, 6.45) is 0.207. The number of carbonyl (C=O) groups is 1. The fourth-order valence-electron chi connectivity index (χ4n) is 2.00. The lowest BCUT2D eigenvalue weighted by Crippen LogP contribution is -2.53. The van der Waals surface area contributed by atoms with Gasteiger partial charge in [-0.1, -0.05) is 12.1 Å². The minimum atomic E-state index is -0.410. The van der Waals surface area contributed by atoms with Gasteiger partial charge < -0.3 is 10.2 Å². The Morgan fingerprint density at radius 1 is 1.50 bits per heavy atom. The molecule has 18 heavy (non-hydrogen) atoms. The topological polar surface area (TPSA) is 56.1 Å². The van der Waals surface area contributed by atoms with E-state index in [1.165, 1.54) is 12.1 Å². The molecule has 4 nitrogen and oxygen atoms in total. The van der Waals surface area contributed by atoms with Crippen LogP contribution in [0.5, 0.6) is 0 Å². The molecule has 1 N–H and O–H groups in total. The smallest absolute Gasteiger partial charge is 0.228 e. The molecule has 1 saturated heterocycles. The first-order chi connectivity index (χ1) is 8.70. The number of hydrogen-bond acceptors (Lipinski definition) is 3. The van der Waals surface area contributed by atoms with E-state index >= 15 is 0 Å².